The molecule has 0 spiro atoms. The maximum atomic E-state index is 6.64. The van der Waals surface area contributed by atoms with Gasteiger partial charge in [0, 0.05) is 6.42 Å². The molecule has 0 radical (unpaired) electrons. The van der Waals surface area contributed by atoms with Crippen LogP contribution in [0.1, 0.15) is 55.4 Å². The Morgan fingerprint density at radius 1 is 1.42 bits per heavy atom. The molecule has 1 aliphatic rings. The summed E-state index contributed by atoms with van der Waals surface area (Å²) in [6.07, 6.45) is 2.64. The Kier molecular flexibility index (Phi) is 2.90. The van der Waals surface area contributed by atoms with Crippen LogP contribution < -0.4 is 5.73 Å². The highest BCUT2D eigenvalue weighted by Gasteiger charge is 2.40. The van der Waals surface area contributed by atoms with Gasteiger partial charge in [-0.15, -0.1) is 0 Å². The van der Waals surface area contributed by atoms with Gasteiger partial charge in [0.2, 0.25) is 5.89 Å². The van der Waals surface area contributed by atoms with Gasteiger partial charge in [0.15, 0.2) is 5.82 Å². The highest BCUT2D eigenvalue weighted by atomic mass is 16.5. The van der Waals surface area contributed by atoms with Crippen molar-refractivity contribution in [3.63, 3.8) is 0 Å². The van der Waals surface area contributed by atoms with E-state index < -0.39 is 5.54 Å². The molecule has 2 N–H and O–H groups in total. The van der Waals surface area contributed by atoms with Gasteiger partial charge in [0.1, 0.15) is 5.54 Å². The number of nitrogens with two attached hydrogens (primary N) is 1. The van der Waals surface area contributed by atoms with Crippen LogP contribution in [0.15, 0.2) is 28.8 Å². The maximum Gasteiger partial charge on any atom is 0.226 e. The molecule has 2 atom stereocenters. The quantitative estimate of drug-likeness (QED) is 0.898. The van der Waals surface area contributed by atoms with Gasteiger partial charge >= 0.3 is 0 Å². The minimum atomic E-state index is -0.611. The van der Waals surface area contributed by atoms with Gasteiger partial charge in [0.05, 0.1) is 0 Å². The second kappa shape index (κ2) is 4.46. The van der Waals surface area contributed by atoms with Crippen molar-refractivity contribution in [3.05, 3.63) is 47.1 Å². The van der Waals surface area contributed by atoms with Gasteiger partial charge in [-0.05, 0) is 29.9 Å². The molecule has 1 heterocycles. The first-order chi connectivity index (χ1) is 9.15. The molecule has 0 amide bonds. The fourth-order valence-electron chi connectivity index (χ4n) is 2.88. The van der Waals surface area contributed by atoms with Gasteiger partial charge in [-0.25, -0.2) is 0 Å². The Morgan fingerprint density at radius 2 is 2.21 bits per heavy atom. The summed E-state index contributed by atoms with van der Waals surface area (Å²) in [6.45, 7) is 4.24. The smallest absolute Gasteiger partial charge is 0.226 e. The van der Waals surface area contributed by atoms with E-state index >= 15 is 0 Å². The van der Waals surface area contributed by atoms with E-state index in [1.165, 1.54) is 5.56 Å². The molecule has 0 aliphatic heterocycles. The lowest BCUT2D eigenvalue weighted by Crippen LogP contribution is -2.42. The number of hydrogen-bond donors (Lipinski definition) is 1. The molecular formula is C15H19N3O. The van der Waals surface area contributed by atoms with Crippen molar-refractivity contribution in [2.75, 3.05) is 0 Å². The Labute approximate surface area is 113 Å². The summed E-state index contributed by atoms with van der Waals surface area (Å²) in [5.74, 6) is 1.80. The van der Waals surface area contributed by atoms with Crippen LogP contribution in [0.4, 0.5) is 0 Å². The monoisotopic (exact) mass is 257 g/mol. The number of benzene rings is 1. The largest absolute Gasteiger partial charge is 0.339 e. The number of aryl methyl sites for hydroxylation is 1. The van der Waals surface area contributed by atoms with Crippen LogP contribution in [0, 0.1) is 0 Å². The van der Waals surface area contributed by atoms with Crippen LogP contribution in [-0.2, 0) is 12.0 Å². The molecule has 4 nitrogen and oxygen atoms in total. The fourth-order valence-corrected chi connectivity index (χ4v) is 2.88. The summed E-state index contributed by atoms with van der Waals surface area (Å²) < 4.78 is 5.23. The minimum Gasteiger partial charge on any atom is -0.339 e. The average molecular weight is 257 g/mol. The minimum absolute atomic E-state index is 0.533. The lowest BCUT2D eigenvalue weighted by Gasteiger charge is -2.36. The molecular weight excluding hydrogens is 238 g/mol. The summed E-state index contributed by atoms with van der Waals surface area (Å²) >= 11 is 0. The first kappa shape index (κ1) is 12.4. The van der Waals surface area contributed by atoms with E-state index in [1.54, 1.807) is 0 Å². The van der Waals surface area contributed by atoms with Gasteiger partial charge in [-0.3, -0.25) is 0 Å². The van der Waals surface area contributed by atoms with Crippen LogP contribution in [-0.4, -0.2) is 10.1 Å². The summed E-state index contributed by atoms with van der Waals surface area (Å²) in [5, 5.41) is 4.10. The molecule has 0 fully saturated rings. The Morgan fingerprint density at radius 3 is 2.95 bits per heavy atom. The van der Waals surface area contributed by atoms with Gasteiger partial charge in [-0.2, -0.15) is 4.98 Å². The fraction of sp³-hybridized carbons (Fsp3) is 0.467. The lowest BCUT2D eigenvalue weighted by molar-refractivity contribution is 0.344. The molecule has 0 bridgehead atoms. The third kappa shape index (κ3) is 1.87. The molecule has 2 aromatic rings. The molecule has 1 aromatic carbocycles. The molecule has 4 heteroatoms. The average Bonchev–Trinajstić information content (AvgIpc) is 2.93. The summed E-state index contributed by atoms with van der Waals surface area (Å²) in [5.41, 5.74) is 8.47. The van der Waals surface area contributed by atoms with E-state index in [9.17, 15) is 0 Å². The van der Waals surface area contributed by atoms with Crippen molar-refractivity contribution in [1.29, 1.82) is 0 Å². The first-order valence-electron chi connectivity index (χ1n) is 6.86. The highest BCUT2D eigenvalue weighted by Crippen LogP contribution is 2.42. The summed E-state index contributed by atoms with van der Waals surface area (Å²) in [6, 6.07) is 8.34. The Bertz CT molecular complexity index is 593. The third-order valence-corrected chi connectivity index (χ3v) is 4.11. The van der Waals surface area contributed by atoms with E-state index in [0.717, 1.165) is 24.8 Å². The van der Waals surface area contributed by atoms with E-state index in [0.29, 0.717) is 17.6 Å². The van der Waals surface area contributed by atoms with E-state index in [-0.39, 0.29) is 0 Å². The van der Waals surface area contributed by atoms with E-state index in [1.807, 2.05) is 13.0 Å². The normalized spacial score (nSPS) is 26.2. The van der Waals surface area contributed by atoms with Gasteiger partial charge in [-0.1, -0.05) is 43.3 Å². The zero-order chi connectivity index (χ0) is 13.5. The SMILES string of the molecule is CCc1nc(C2(N)CCC(C)c3ccccc32)no1. The molecule has 2 unspecified atom stereocenters. The zero-order valence-electron chi connectivity index (χ0n) is 11.4. The number of rotatable bonds is 2. The molecule has 1 aromatic heterocycles. The summed E-state index contributed by atoms with van der Waals surface area (Å²) in [4.78, 5) is 4.45. The third-order valence-electron chi connectivity index (χ3n) is 4.11. The van der Waals surface area contributed by atoms with Crippen molar-refractivity contribution < 1.29 is 4.52 Å². The summed E-state index contributed by atoms with van der Waals surface area (Å²) in [7, 11) is 0. The van der Waals surface area contributed by atoms with E-state index in [2.05, 4.69) is 35.3 Å². The number of nitrogens with zero attached hydrogens (tertiary/aromatic N) is 2. The molecule has 0 saturated heterocycles. The number of fused-ring (bicyclic) bond motifs is 1. The predicted molar refractivity (Wildman–Crippen MR) is 72.7 cm³/mol. The topological polar surface area (TPSA) is 64.9 Å². The highest BCUT2D eigenvalue weighted by molar-refractivity contribution is 5.42. The number of hydrogen-bond acceptors (Lipinski definition) is 4. The van der Waals surface area contributed by atoms with Crippen molar-refractivity contribution in [3.8, 4) is 0 Å². The second-order valence-electron chi connectivity index (χ2n) is 5.36. The maximum absolute atomic E-state index is 6.64. The molecule has 3 rings (SSSR count). The molecule has 100 valence electrons. The standard InChI is InChI=1S/C15H19N3O/c1-3-13-17-14(18-19-13)15(16)9-8-10(2)11-6-4-5-7-12(11)15/h4-7,10H,3,8-9,16H2,1-2H3. The second-order valence-corrected chi connectivity index (χ2v) is 5.36. The van der Waals surface area contributed by atoms with Gasteiger partial charge in [0.25, 0.3) is 0 Å². The van der Waals surface area contributed by atoms with Crippen LogP contribution in [0.25, 0.3) is 0 Å². The van der Waals surface area contributed by atoms with Crippen LogP contribution in [0.5, 0.6) is 0 Å². The van der Waals surface area contributed by atoms with Crippen molar-refractivity contribution in [2.24, 2.45) is 5.73 Å². The van der Waals surface area contributed by atoms with Gasteiger partial charge < -0.3 is 10.3 Å². The van der Waals surface area contributed by atoms with Crippen molar-refractivity contribution in [2.45, 2.75) is 44.6 Å². The number of aromatic nitrogens is 2. The molecule has 1 aliphatic carbocycles. The van der Waals surface area contributed by atoms with Crippen molar-refractivity contribution in [1.82, 2.24) is 10.1 Å². The first-order valence-corrected chi connectivity index (χ1v) is 6.86. The molecule has 19 heavy (non-hydrogen) atoms. The lowest BCUT2D eigenvalue weighted by atomic mass is 9.72. The Hall–Kier alpha value is -1.68. The van der Waals surface area contributed by atoms with Crippen LogP contribution in [0.2, 0.25) is 0 Å². The van der Waals surface area contributed by atoms with Crippen molar-refractivity contribution >= 4 is 0 Å². The zero-order valence-corrected chi connectivity index (χ0v) is 11.4. The van der Waals surface area contributed by atoms with Crippen LogP contribution >= 0.6 is 0 Å². The van der Waals surface area contributed by atoms with E-state index in [4.69, 9.17) is 10.3 Å². The Balaban J connectivity index is 2.12. The van der Waals surface area contributed by atoms with Crippen LogP contribution in [0.3, 0.4) is 0 Å². The predicted octanol–water partition coefficient (Wildman–Crippen LogP) is 2.73. The molecule has 0 saturated carbocycles.